The van der Waals surface area contributed by atoms with Gasteiger partial charge in [-0.3, -0.25) is 19.1 Å². The van der Waals surface area contributed by atoms with Crippen molar-refractivity contribution in [3.8, 4) is 22.2 Å². The second-order valence-corrected chi connectivity index (χ2v) is 19.8. The number of carbonyl (C=O) groups is 3. The number of hydrogen-bond donors (Lipinski definition) is 3. The molecule has 0 spiro atoms. The summed E-state index contributed by atoms with van der Waals surface area (Å²) in [5.41, 5.74) is 2.49. The third-order valence-corrected chi connectivity index (χ3v) is 14.4. The Morgan fingerprint density at radius 1 is 1.03 bits per heavy atom. The normalized spacial score (nSPS) is 23.3. The Bertz CT molecular complexity index is 2680. The van der Waals surface area contributed by atoms with Gasteiger partial charge in [0.15, 0.2) is 0 Å². The van der Waals surface area contributed by atoms with Crippen molar-refractivity contribution in [2.24, 2.45) is 5.92 Å². The summed E-state index contributed by atoms with van der Waals surface area (Å²) in [6, 6.07) is 18.0. The van der Waals surface area contributed by atoms with Crippen LogP contribution in [-0.2, 0) is 30.2 Å². The predicted molar refractivity (Wildman–Crippen MR) is 245 cm³/mol. The average Bonchev–Trinajstić information content (AvgIpc) is 3.54. The maximum absolute atomic E-state index is 14.9. The van der Waals surface area contributed by atoms with Gasteiger partial charge in [-0.25, -0.2) is 22.8 Å². The summed E-state index contributed by atoms with van der Waals surface area (Å²) >= 11 is 1.48. The lowest BCUT2D eigenvalue weighted by atomic mass is 10.0. The summed E-state index contributed by atoms with van der Waals surface area (Å²) in [5.74, 6) is -1.75. The van der Waals surface area contributed by atoms with Gasteiger partial charge >= 0.3 is 0 Å². The van der Waals surface area contributed by atoms with Crippen LogP contribution in [0, 0.1) is 18.7 Å². The van der Waals surface area contributed by atoms with Crippen LogP contribution in [0.4, 0.5) is 10.1 Å². The minimum absolute atomic E-state index is 0.0233. The van der Waals surface area contributed by atoms with Gasteiger partial charge in [0, 0.05) is 40.4 Å². The Labute approximate surface area is 376 Å². The lowest BCUT2D eigenvalue weighted by Gasteiger charge is -2.30. The number of rotatable bonds is 11. The minimum Gasteiger partial charge on any atom is -0.496 e. The van der Waals surface area contributed by atoms with E-state index in [1.807, 2.05) is 42.7 Å². The minimum atomic E-state index is -4.15. The number of anilines is 1. The Balaban J connectivity index is 1.14. The third kappa shape index (κ3) is 9.77. The Morgan fingerprint density at radius 3 is 2.55 bits per heavy atom. The molecule has 3 amide bonds. The molecule has 0 radical (unpaired) electrons. The highest BCUT2D eigenvalue weighted by atomic mass is 32.2. The van der Waals surface area contributed by atoms with E-state index in [1.165, 1.54) is 28.4 Å². The Hall–Kier alpha value is -5.87. The fraction of sp³-hybridized carbons (Fsp3) is 0.396. The summed E-state index contributed by atoms with van der Waals surface area (Å²) in [5, 5.41) is 9.69. The van der Waals surface area contributed by atoms with Gasteiger partial charge in [-0.15, -0.1) is 11.3 Å². The molecular weight excluding hydrogens is 856 g/mol. The molecule has 64 heavy (non-hydrogen) atoms. The SMILES string of the molecule is COc1ccc2c(O[C@@H]3C[C@H]4C(=O)N[C@]5(C(=O)NS(=O)(=O)Cc6ccccc6)C[C@H]5/C=C\CCCCC[C@H](Nc5ccc(F)cc5)C(=O)N4C3)cc(-c3nc(C(C)C)cs3)nc2c1C. The molecule has 2 aliphatic heterocycles. The van der Waals surface area contributed by atoms with Crippen LogP contribution >= 0.6 is 11.3 Å². The number of halogens is 1. The van der Waals surface area contributed by atoms with Gasteiger partial charge < -0.3 is 25.0 Å². The molecule has 2 aromatic heterocycles. The van der Waals surface area contributed by atoms with Crippen molar-refractivity contribution in [2.45, 2.75) is 101 Å². The molecule has 3 N–H and O–H groups in total. The van der Waals surface area contributed by atoms with Crippen LogP contribution in [0.25, 0.3) is 21.6 Å². The van der Waals surface area contributed by atoms with Crippen molar-refractivity contribution < 1.29 is 36.7 Å². The smallest absolute Gasteiger partial charge is 0.259 e. The summed E-state index contributed by atoms with van der Waals surface area (Å²) in [4.78, 5) is 55.2. The van der Waals surface area contributed by atoms with Gasteiger partial charge in [0.1, 0.15) is 51.7 Å². The van der Waals surface area contributed by atoms with Crippen molar-refractivity contribution in [1.82, 2.24) is 24.9 Å². The highest BCUT2D eigenvalue weighted by molar-refractivity contribution is 7.89. The van der Waals surface area contributed by atoms with E-state index in [0.29, 0.717) is 63.6 Å². The van der Waals surface area contributed by atoms with E-state index in [4.69, 9.17) is 19.4 Å². The number of aryl methyl sites for hydroxylation is 1. The molecule has 0 bridgehead atoms. The average molecular weight is 909 g/mol. The number of fused-ring (bicyclic) bond motifs is 3. The quantitative estimate of drug-likeness (QED) is 0.111. The molecule has 336 valence electrons. The van der Waals surface area contributed by atoms with Crippen LogP contribution in [-0.4, -0.2) is 78.4 Å². The lowest BCUT2D eigenvalue weighted by Crippen LogP contribution is -2.57. The first-order valence-electron chi connectivity index (χ1n) is 21.7. The second-order valence-electron chi connectivity index (χ2n) is 17.2. The maximum atomic E-state index is 14.9. The van der Waals surface area contributed by atoms with E-state index in [0.717, 1.165) is 24.1 Å². The first kappa shape index (κ1) is 44.7. The van der Waals surface area contributed by atoms with Crippen molar-refractivity contribution >= 4 is 55.7 Å². The van der Waals surface area contributed by atoms with E-state index in [9.17, 15) is 27.2 Å². The fourth-order valence-corrected chi connectivity index (χ4v) is 10.7. The summed E-state index contributed by atoms with van der Waals surface area (Å²) in [6.07, 6.45) is 6.85. The number of allylic oxidation sites excluding steroid dienone is 1. The molecule has 1 aliphatic carbocycles. The van der Waals surface area contributed by atoms with E-state index >= 15 is 0 Å². The molecule has 8 rings (SSSR count). The highest BCUT2D eigenvalue weighted by Crippen LogP contribution is 2.46. The van der Waals surface area contributed by atoms with E-state index in [-0.39, 0.29) is 31.2 Å². The molecule has 1 saturated carbocycles. The largest absolute Gasteiger partial charge is 0.496 e. The van der Waals surface area contributed by atoms with Crippen molar-refractivity contribution in [3.05, 3.63) is 113 Å². The number of sulfonamides is 1. The molecule has 3 aromatic carbocycles. The van der Waals surface area contributed by atoms with Gasteiger partial charge in [-0.05, 0) is 80.5 Å². The molecule has 4 heterocycles. The van der Waals surface area contributed by atoms with Crippen LogP contribution in [0.2, 0.25) is 0 Å². The monoisotopic (exact) mass is 908 g/mol. The number of pyridine rings is 1. The van der Waals surface area contributed by atoms with Crippen LogP contribution in [0.15, 0.2) is 90.3 Å². The first-order valence-corrected chi connectivity index (χ1v) is 24.3. The number of aromatic nitrogens is 2. The van der Waals surface area contributed by atoms with E-state index in [1.54, 1.807) is 49.6 Å². The number of carbonyl (C=O) groups excluding carboxylic acids is 3. The topological polar surface area (TPSA) is 169 Å². The predicted octanol–water partition coefficient (Wildman–Crippen LogP) is 7.81. The number of nitrogens with zero attached hydrogens (tertiary/aromatic N) is 3. The van der Waals surface area contributed by atoms with Crippen LogP contribution < -0.4 is 24.8 Å². The van der Waals surface area contributed by atoms with Gasteiger partial charge in [0.05, 0.1) is 30.6 Å². The number of hydrogen-bond acceptors (Lipinski definition) is 11. The summed E-state index contributed by atoms with van der Waals surface area (Å²) in [7, 11) is -2.55. The lowest BCUT2D eigenvalue weighted by molar-refractivity contribution is -0.140. The number of amides is 3. The number of ether oxygens (including phenoxy) is 2. The molecular formula is C48H53FN6O7S2. The van der Waals surface area contributed by atoms with E-state index in [2.05, 4.69) is 29.2 Å². The summed E-state index contributed by atoms with van der Waals surface area (Å²) < 4.78 is 55.5. The number of benzene rings is 3. The molecule has 5 aromatic rings. The third-order valence-electron chi connectivity index (χ3n) is 12.3. The van der Waals surface area contributed by atoms with Gasteiger partial charge in [0.2, 0.25) is 21.8 Å². The van der Waals surface area contributed by atoms with Gasteiger partial charge in [0.25, 0.3) is 5.91 Å². The number of thiazole rings is 1. The van der Waals surface area contributed by atoms with Crippen molar-refractivity contribution in [2.75, 3.05) is 19.0 Å². The molecule has 16 heteroatoms. The van der Waals surface area contributed by atoms with Crippen molar-refractivity contribution in [1.29, 1.82) is 0 Å². The van der Waals surface area contributed by atoms with Gasteiger partial charge in [-0.2, -0.15) is 0 Å². The second kappa shape index (κ2) is 18.7. The molecule has 13 nitrogen and oxygen atoms in total. The molecule has 2 fully saturated rings. The molecule has 1 saturated heterocycles. The standard InChI is InChI=1S/C48H53FN6O7S2/c1-29(2)39-27-63-45(52-39)38-24-42(36-21-22-41(61-4)30(3)43(36)51-38)62-35-23-40-44(56)53-48(47(58)54-64(59,60)28-31-13-9-8-10-14-31)25-32(48)15-11-6-5-7-12-16-37(46(57)55(40)26-35)50-34-19-17-33(49)18-20-34/h8-11,13-15,17-22,24,27,29,32,35,37,40,50H,5-7,12,16,23,25-26,28H2,1-4H3,(H,53,56)(H,54,58)/b15-11-/t32-,35-,37+,40+,48-/m1/s1. The number of nitrogens with one attached hydrogen (secondary N) is 3. The zero-order valence-corrected chi connectivity index (χ0v) is 37.9. The fourth-order valence-electron chi connectivity index (χ4n) is 8.63. The molecule has 0 unspecified atom stereocenters. The highest BCUT2D eigenvalue weighted by Gasteiger charge is 2.61. The zero-order valence-electron chi connectivity index (χ0n) is 36.3. The van der Waals surface area contributed by atoms with Crippen LogP contribution in [0.3, 0.4) is 0 Å². The zero-order chi connectivity index (χ0) is 45.2. The Kier molecular flexibility index (Phi) is 13.1. The summed E-state index contributed by atoms with van der Waals surface area (Å²) in [6.45, 7) is 6.10. The molecule has 3 aliphatic rings. The van der Waals surface area contributed by atoms with Crippen LogP contribution in [0.1, 0.15) is 81.5 Å². The number of methoxy groups -OCH3 is 1. The first-order chi connectivity index (χ1) is 30.7. The molecule has 5 atom stereocenters. The Morgan fingerprint density at radius 2 is 1.81 bits per heavy atom. The van der Waals surface area contributed by atoms with Crippen LogP contribution in [0.5, 0.6) is 11.5 Å². The van der Waals surface area contributed by atoms with E-state index < -0.39 is 63.1 Å². The maximum Gasteiger partial charge on any atom is 0.259 e. The van der Waals surface area contributed by atoms with Gasteiger partial charge in [-0.1, -0.05) is 69.2 Å². The van der Waals surface area contributed by atoms with Crippen molar-refractivity contribution in [3.63, 3.8) is 0 Å².